The van der Waals surface area contributed by atoms with Crippen LogP contribution in [0.15, 0.2) is 33.5 Å². The first-order valence-electron chi connectivity index (χ1n) is 9.77. The number of hydrogen-bond donors (Lipinski definition) is 0. The number of amides is 1. The maximum absolute atomic E-state index is 13.0. The van der Waals surface area contributed by atoms with Gasteiger partial charge in [0, 0.05) is 32.6 Å². The third kappa shape index (κ3) is 4.00. The number of carbonyl (C=O) groups excluding carboxylic acids is 1. The predicted molar refractivity (Wildman–Crippen MR) is 101 cm³/mol. The summed E-state index contributed by atoms with van der Waals surface area (Å²) < 4.78 is 12.7. The second-order valence-corrected chi connectivity index (χ2v) is 7.33. The second kappa shape index (κ2) is 8.00. The summed E-state index contributed by atoms with van der Waals surface area (Å²) in [5.41, 5.74) is 0.779. The van der Waals surface area contributed by atoms with Gasteiger partial charge in [-0.1, -0.05) is 18.0 Å². The number of rotatable bonds is 5. The molecule has 0 aromatic carbocycles. The Labute approximate surface area is 163 Å². The molecule has 1 atom stereocenters. The van der Waals surface area contributed by atoms with Crippen molar-refractivity contribution in [3.05, 3.63) is 41.9 Å². The van der Waals surface area contributed by atoms with Crippen molar-refractivity contribution in [1.29, 1.82) is 0 Å². The first-order chi connectivity index (χ1) is 13.6. The highest BCUT2D eigenvalue weighted by atomic mass is 16.5. The normalized spacial score (nSPS) is 17.6. The van der Waals surface area contributed by atoms with Crippen LogP contribution < -0.4 is 0 Å². The summed E-state index contributed by atoms with van der Waals surface area (Å²) in [7, 11) is 1.84. The van der Waals surface area contributed by atoms with Crippen molar-refractivity contribution in [2.75, 3.05) is 6.54 Å². The maximum Gasteiger partial charge on any atom is 0.261 e. The molecule has 0 spiro atoms. The molecule has 0 radical (unpaired) electrons. The van der Waals surface area contributed by atoms with E-state index in [1.165, 1.54) is 0 Å². The lowest BCUT2D eigenvalue weighted by atomic mass is 10.1. The van der Waals surface area contributed by atoms with Crippen LogP contribution in [0.25, 0.3) is 11.5 Å². The maximum atomic E-state index is 13.0. The molecule has 0 bridgehead atoms. The van der Waals surface area contributed by atoms with Crippen molar-refractivity contribution in [2.24, 2.45) is 7.05 Å². The van der Waals surface area contributed by atoms with E-state index in [9.17, 15) is 4.79 Å². The second-order valence-electron chi connectivity index (χ2n) is 7.33. The monoisotopic (exact) mass is 383 g/mol. The molecular weight excluding hydrogens is 358 g/mol. The topological polar surface area (TPSA) is 90.2 Å². The molecule has 1 amide bonds. The fraction of sp³-hybridized carbons (Fsp3) is 0.500. The van der Waals surface area contributed by atoms with Gasteiger partial charge in [-0.25, -0.2) is 0 Å². The van der Waals surface area contributed by atoms with E-state index >= 15 is 0 Å². The number of aryl methyl sites for hydroxylation is 3. The summed E-state index contributed by atoms with van der Waals surface area (Å²) in [6.07, 6.45) is 8.53. The zero-order valence-corrected chi connectivity index (χ0v) is 16.3. The molecule has 4 rings (SSSR count). The number of nitrogens with zero attached hydrogens (tertiary/aromatic N) is 5. The quantitative estimate of drug-likeness (QED) is 0.670. The Balaban J connectivity index is 1.50. The highest BCUT2D eigenvalue weighted by Gasteiger charge is 2.30. The summed E-state index contributed by atoms with van der Waals surface area (Å²) >= 11 is 0. The van der Waals surface area contributed by atoms with E-state index < -0.39 is 0 Å². The van der Waals surface area contributed by atoms with Gasteiger partial charge in [0.1, 0.15) is 11.5 Å². The minimum Gasteiger partial charge on any atom is -0.466 e. The van der Waals surface area contributed by atoms with Crippen molar-refractivity contribution < 1.29 is 13.7 Å². The van der Waals surface area contributed by atoms with Crippen LogP contribution >= 0.6 is 0 Å². The zero-order valence-electron chi connectivity index (χ0n) is 16.3. The van der Waals surface area contributed by atoms with Crippen LogP contribution in [0.4, 0.5) is 0 Å². The third-order valence-corrected chi connectivity index (χ3v) is 5.15. The van der Waals surface area contributed by atoms with Crippen LogP contribution in [0.2, 0.25) is 0 Å². The van der Waals surface area contributed by atoms with E-state index in [0.717, 1.165) is 49.3 Å². The van der Waals surface area contributed by atoms with Gasteiger partial charge in [-0.2, -0.15) is 10.1 Å². The van der Waals surface area contributed by atoms with Gasteiger partial charge in [0.25, 0.3) is 5.89 Å². The van der Waals surface area contributed by atoms with Gasteiger partial charge in [0.15, 0.2) is 5.82 Å². The minimum absolute atomic E-state index is 0.105. The minimum atomic E-state index is -0.150. The van der Waals surface area contributed by atoms with Gasteiger partial charge in [0.2, 0.25) is 5.91 Å². The van der Waals surface area contributed by atoms with Gasteiger partial charge < -0.3 is 13.8 Å². The summed E-state index contributed by atoms with van der Waals surface area (Å²) in [5.74, 6) is 2.82. The summed E-state index contributed by atoms with van der Waals surface area (Å²) in [4.78, 5) is 19.5. The van der Waals surface area contributed by atoms with Crippen LogP contribution in [0.5, 0.6) is 0 Å². The molecule has 28 heavy (non-hydrogen) atoms. The van der Waals surface area contributed by atoms with Crippen LogP contribution in [-0.4, -0.2) is 37.3 Å². The molecule has 8 nitrogen and oxygen atoms in total. The van der Waals surface area contributed by atoms with Crippen LogP contribution in [0.1, 0.15) is 55.5 Å². The third-order valence-electron chi connectivity index (χ3n) is 5.15. The van der Waals surface area contributed by atoms with E-state index in [0.29, 0.717) is 24.6 Å². The first-order valence-corrected chi connectivity index (χ1v) is 9.77. The van der Waals surface area contributed by atoms with Crippen molar-refractivity contribution in [3.63, 3.8) is 0 Å². The van der Waals surface area contributed by atoms with Gasteiger partial charge in [-0.15, -0.1) is 0 Å². The first kappa shape index (κ1) is 18.5. The molecule has 1 aliphatic rings. The average Bonchev–Trinajstić information content (AvgIpc) is 3.38. The number of carbonyl (C=O) groups is 1. The van der Waals surface area contributed by atoms with Crippen LogP contribution in [-0.2, 0) is 18.3 Å². The Morgan fingerprint density at radius 2 is 2.18 bits per heavy atom. The van der Waals surface area contributed by atoms with Crippen LogP contribution in [0.3, 0.4) is 0 Å². The fourth-order valence-corrected chi connectivity index (χ4v) is 3.69. The molecule has 8 heteroatoms. The van der Waals surface area contributed by atoms with E-state index in [-0.39, 0.29) is 11.9 Å². The summed E-state index contributed by atoms with van der Waals surface area (Å²) in [6, 6.07) is 3.71. The summed E-state index contributed by atoms with van der Waals surface area (Å²) in [6.45, 7) is 2.63. The van der Waals surface area contributed by atoms with Gasteiger partial charge in [0.05, 0.1) is 17.8 Å². The van der Waals surface area contributed by atoms with Gasteiger partial charge >= 0.3 is 0 Å². The van der Waals surface area contributed by atoms with Gasteiger partial charge in [-0.3, -0.25) is 9.48 Å². The molecule has 1 unspecified atom stereocenters. The molecule has 1 fully saturated rings. The lowest BCUT2D eigenvalue weighted by molar-refractivity contribution is -0.133. The van der Waals surface area contributed by atoms with E-state index in [4.69, 9.17) is 8.94 Å². The molecule has 3 aromatic heterocycles. The lowest BCUT2D eigenvalue weighted by Gasteiger charge is -2.27. The van der Waals surface area contributed by atoms with E-state index in [1.54, 1.807) is 10.9 Å². The SMILES string of the molecule is Cc1ccc(CCC(=O)N2CCCCCC2c2noc(-c3cnn(C)c3)n2)o1. The highest BCUT2D eigenvalue weighted by molar-refractivity contribution is 5.77. The largest absolute Gasteiger partial charge is 0.466 e. The Morgan fingerprint density at radius 1 is 1.29 bits per heavy atom. The zero-order chi connectivity index (χ0) is 19.5. The van der Waals surface area contributed by atoms with E-state index in [1.807, 2.05) is 37.2 Å². The van der Waals surface area contributed by atoms with Crippen molar-refractivity contribution >= 4 is 5.91 Å². The van der Waals surface area contributed by atoms with Crippen LogP contribution in [0, 0.1) is 6.92 Å². The standard InChI is InChI=1S/C20H25N5O3/c1-14-7-8-16(27-14)9-10-18(26)25-11-5-3-4-6-17(25)19-22-20(28-23-19)15-12-21-24(2)13-15/h7-8,12-13,17H,3-6,9-11H2,1-2H3. The van der Waals surface area contributed by atoms with Crippen molar-refractivity contribution in [2.45, 2.75) is 51.5 Å². The Hall–Kier alpha value is -2.90. The average molecular weight is 383 g/mol. The molecule has 0 N–H and O–H groups in total. The van der Waals surface area contributed by atoms with E-state index in [2.05, 4.69) is 15.2 Å². The molecule has 4 heterocycles. The number of furan rings is 1. The highest BCUT2D eigenvalue weighted by Crippen LogP contribution is 2.30. The fourth-order valence-electron chi connectivity index (χ4n) is 3.69. The molecule has 3 aromatic rings. The lowest BCUT2D eigenvalue weighted by Crippen LogP contribution is -2.35. The molecule has 0 saturated carbocycles. The smallest absolute Gasteiger partial charge is 0.261 e. The van der Waals surface area contributed by atoms with Crippen molar-refractivity contribution in [1.82, 2.24) is 24.8 Å². The Bertz CT molecular complexity index is 941. The number of hydrogen-bond acceptors (Lipinski definition) is 6. The summed E-state index contributed by atoms with van der Waals surface area (Å²) in [5, 5.41) is 8.33. The molecule has 0 aliphatic carbocycles. The molecule has 1 saturated heterocycles. The van der Waals surface area contributed by atoms with Crippen molar-refractivity contribution in [3.8, 4) is 11.5 Å². The molecule has 1 aliphatic heterocycles. The number of aromatic nitrogens is 4. The Morgan fingerprint density at radius 3 is 2.93 bits per heavy atom. The molecular formula is C20H25N5O3. The van der Waals surface area contributed by atoms with Gasteiger partial charge in [-0.05, 0) is 31.9 Å². The Kier molecular flexibility index (Phi) is 5.27. The predicted octanol–water partition coefficient (Wildman–Crippen LogP) is 3.45. The molecule has 148 valence electrons. The number of likely N-dealkylation sites (tertiary alicyclic amines) is 1.